The van der Waals surface area contributed by atoms with E-state index in [2.05, 4.69) is 15.6 Å². The number of nitrogens with one attached hydrogen (secondary N) is 2. The molecule has 244 valence electrons. The van der Waals surface area contributed by atoms with Crippen molar-refractivity contribution in [3.05, 3.63) is 112 Å². The number of benzene rings is 3. The van der Waals surface area contributed by atoms with Crippen LogP contribution in [-0.2, 0) is 24.4 Å². The highest BCUT2D eigenvalue weighted by Crippen LogP contribution is 2.36. The minimum Gasteiger partial charge on any atom is -0.454 e. The third-order valence-corrected chi connectivity index (χ3v) is 9.32. The van der Waals surface area contributed by atoms with Crippen molar-refractivity contribution in [2.75, 3.05) is 13.6 Å². The Morgan fingerprint density at radius 3 is 2.31 bits per heavy atom. The quantitative estimate of drug-likeness (QED) is 0.154. The van der Waals surface area contributed by atoms with Gasteiger partial charge in [0.25, 0.3) is 11.5 Å². The van der Waals surface area contributed by atoms with Crippen LogP contribution in [-0.4, -0.2) is 45.2 Å². The van der Waals surface area contributed by atoms with Gasteiger partial charge in [0.15, 0.2) is 28.2 Å². The zero-order chi connectivity index (χ0) is 33.0. The van der Waals surface area contributed by atoms with Gasteiger partial charge in [0.2, 0.25) is 19.5 Å². The highest BCUT2D eigenvalue weighted by atomic mass is 32.2. The van der Waals surface area contributed by atoms with Gasteiger partial charge in [-0.05, 0) is 59.5 Å². The molecular formula is C35H31N5O7S. The Bertz CT molecular complexity index is 2050. The van der Waals surface area contributed by atoms with Crippen molar-refractivity contribution >= 4 is 34.5 Å². The Labute approximate surface area is 279 Å². The maximum Gasteiger partial charge on any atom is 0.262 e. The summed E-state index contributed by atoms with van der Waals surface area (Å²) in [5.74, 6) is 1.92. The summed E-state index contributed by atoms with van der Waals surface area (Å²) in [6.07, 6.45) is 3.89. The SMILES string of the molecule is CCC(Sc1nc2cc3c(cc2c(=O)n1Cc1ccc(C(=O)NCc2ccc4c(c2)OCO4)cc1)OCO3)C(=O)NCc1cccnc1. The van der Waals surface area contributed by atoms with Crippen LogP contribution in [0.3, 0.4) is 0 Å². The average molecular weight is 666 g/mol. The zero-order valence-electron chi connectivity index (χ0n) is 25.9. The summed E-state index contributed by atoms with van der Waals surface area (Å²) in [4.78, 5) is 49.1. The van der Waals surface area contributed by atoms with Gasteiger partial charge in [-0.1, -0.05) is 43.0 Å². The first kappa shape index (κ1) is 31.1. The summed E-state index contributed by atoms with van der Waals surface area (Å²) >= 11 is 1.23. The molecule has 2 aromatic heterocycles. The fourth-order valence-electron chi connectivity index (χ4n) is 5.35. The number of thioether (sulfide) groups is 1. The molecule has 0 fully saturated rings. The van der Waals surface area contributed by atoms with Gasteiger partial charge < -0.3 is 29.6 Å². The van der Waals surface area contributed by atoms with Crippen LogP contribution in [0.25, 0.3) is 10.9 Å². The van der Waals surface area contributed by atoms with Gasteiger partial charge in [0.05, 0.1) is 22.7 Å². The van der Waals surface area contributed by atoms with Crippen LogP contribution in [0.4, 0.5) is 0 Å². The first-order valence-corrected chi connectivity index (χ1v) is 16.3. The Morgan fingerprint density at radius 2 is 1.56 bits per heavy atom. The van der Waals surface area contributed by atoms with Crippen LogP contribution < -0.4 is 35.1 Å². The lowest BCUT2D eigenvalue weighted by Gasteiger charge is -2.18. The van der Waals surface area contributed by atoms with Crippen molar-refractivity contribution in [2.24, 2.45) is 0 Å². The van der Waals surface area contributed by atoms with Crippen molar-refractivity contribution in [1.82, 2.24) is 25.2 Å². The molecule has 1 atom stereocenters. The number of pyridine rings is 1. The van der Waals surface area contributed by atoms with Gasteiger partial charge in [-0.15, -0.1) is 0 Å². The van der Waals surface area contributed by atoms with E-state index in [9.17, 15) is 14.4 Å². The van der Waals surface area contributed by atoms with Gasteiger partial charge in [0.1, 0.15) is 0 Å². The molecule has 5 aromatic rings. The number of nitrogens with zero attached hydrogens (tertiary/aromatic N) is 3. The van der Waals surface area contributed by atoms with E-state index in [-0.39, 0.29) is 37.5 Å². The highest BCUT2D eigenvalue weighted by Gasteiger charge is 2.24. The van der Waals surface area contributed by atoms with Gasteiger partial charge in [0, 0.05) is 37.1 Å². The molecule has 2 N–H and O–H groups in total. The van der Waals surface area contributed by atoms with E-state index < -0.39 is 5.25 Å². The molecule has 2 aliphatic rings. The lowest BCUT2D eigenvalue weighted by Crippen LogP contribution is -2.33. The number of ether oxygens (including phenoxy) is 4. The molecule has 0 saturated carbocycles. The number of fused-ring (bicyclic) bond motifs is 3. The minimum absolute atomic E-state index is 0.0626. The van der Waals surface area contributed by atoms with Gasteiger partial charge in [-0.2, -0.15) is 0 Å². The first-order valence-electron chi connectivity index (χ1n) is 15.4. The second kappa shape index (κ2) is 13.7. The van der Waals surface area contributed by atoms with Crippen LogP contribution in [0.15, 0.2) is 89.1 Å². The number of carbonyl (C=O) groups is 2. The molecule has 0 bridgehead atoms. The molecule has 7 rings (SSSR count). The Balaban J connectivity index is 1.11. The lowest BCUT2D eigenvalue weighted by molar-refractivity contribution is -0.120. The summed E-state index contributed by atoms with van der Waals surface area (Å²) in [6, 6.07) is 19.6. The van der Waals surface area contributed by atoms with Crippen LogP contribution in [0.5, 0.6) is 23.0 Å². The van der Waals surface area contributed by atoms with E-state index in [0.29, 0.717) is 64.1 Å². The average Bonchev–Trinajstić information content (AvgIpc) is 3.79. The topological polar surface area (TPSA) is 143 Å². The van der Waals surface area contributed by atoms with E-state index in [0.717, 1.165) is 16.7 Å². The van der Waals surface area contributed by atoms with Crippen molar-refractivity contribution in [3.63, 3.8) is 0 Å². The van der Waals surface area contributed by atoms with E-state index in [1.165, 1.54) is 11.8 Å². The van der Waals surface area contributed by atoms with E-state index in [1.807, 2.05) is 37.3 Å². The number of aromatic nitrogens is 3. The number of rotatable bonds is 11. The fourth-order valence-corrected chi connectivity index (χ4v) is 6.39. The molecule has 0 spiro atoms. The predicted octanol–water partition coefficient (Wildman–Crippen LogP) is 4.41. The molecule has 1 unspecified atom stereocenters. The largest absolute Gasteiger partial charge is 0.454 e. The first-order chi connectivity index (χ1) is 23.4. The number of amides is 2. The van der Waals surface area contributed by atoms with Crippen LogP contribution in [0, 0.1) is 0 Å². The molecule has 0 aliphatic carbocycles. The van der Waals surface area contributed by atoms with Crippen LogP contribution >= 0.6 is 11.8 Å². The summed E-state index contributed by atoms with van der Waals surface area (Å²) in [7, 11) is 0. The molecule has 12 nitrogen and oxygen atoms in total. The second-order valence-corrected chi connectivity index (χ2v) is 12.3. The second-order valence-electron chi connectivity index (χ2n) is 11.2. The number of carbonyl (C=O) groups excluding carboxylic acids is 2. The molecule has 2 amide bonds. The van der Waals surface area contributed by atoms with Crippen LogP contribution in [0.2, 0.25) is 0 Å². The standard InChI is InChI=1S/C35H31N5O7S/c1-2-31(33(42)38-17-23-4-3-11-36-15-23)48-35-39-26-14-30-29(46-20-47-30)13-25(26)34(43)40(35)18-21-5-8-24(9-6-21)32(41)37-16-22-7-10-27-28(12-22)45-19-44-27/h3-15,31H,2,16-20H2,1H3,(H,37,41)(H,38,42). The van der Waals surface area contributed by atoms with E-state index in [4.69, 9.17) is 23.9 Å². The molecule has 0 radical (unpaired) electrons. The minimum atomic E-state index is -0.512. The Kier molecular flexibility index (Phi) is 8.84. The molecule has 48 heavy (non-hydrogen) atoms. The zero-order valence-corrected chi connectivity index (χ0v) is 26.7. The van der Waals surface area contributed by atoms with Crippen molar-refractivity contribution in [1.29, 1.82) is 0 Å². The molecule has 3 aromatic carbocycles. The maximum atomic E-state index is 14.0. The molecule has 13 heteroatoms. The summed E-state index contributed by atoms with van der Waals surface area (Å²) < 4.78 is 23.4. The van der Waals surface area contributed by atoms with Gasteiger partial charge >= 0.3 is 0 Å². The molecule has 4 heterocycles. The molecule has 2 aliphatic heterocycles. The number of hydrogen-bond acceptors (Lipinski definition) is 10. The Hall–Kier alpha value is -5.56. The van der Waals surface area contributed by atoms with Crippen molar-refractivity contribution in [2.45, 2.75) is 43.4 Å². The van der Waals surface area contributed by atoms with Crippen molar-refractivity contribution < 1.29 is 28.5 Å². The van der Waals surface area contributed by atoms with E-state index in [1.54, 1.807) is 53.4 Å². The number of hydrogen-bond donors (Lipinski definition) is 2. The van der Waals surface area contributed by atoms with Crippen molar-refractivity contribution in [3.8, 4) is 23.0 Å². The van der Waals surface area contributed by atoms with Gasteiger partial charge in [-0.25, -0.2) is 4.98 Å². The smallest absolute Gasteiger partial charge is 0.262 e. The summed E-state index contributed by atoms with van der Waals surface area (Å²) in [5.41, 5.74) is 3.19. The third-order valence-electron chi connectivity index (χ3n) is 7.96. The van der Waals surface area contributed by atoms with Crippen LogP contribution in [0.1, 0.15) is 40.4 Å². The van der Waals surface area contributed by atoms with Gasteiger partial charge in [-0.3, -0.25) is 23.9 Å². The highest BCUT2D eigenvalue weighted by molar-refractivity contribution is 8.00. The third kappa shape index (κ3) is 6.63. The van der Waals surface area contributed by atoms with E-state index >= 15 is 0 Å². The Morgan fingerprint density at radius 1 is 0.854 bits per heavy atom. The summed E-state index contributed by atoms with van der Waals surface area (Å²) in [5, 5.41) is 6.15. The normalized spacial score (nSPS) is 13.4. The predicted molar refractivity (Wildman–Crippen MR) is 177 cm³/mol. The molecular weight excluding hydrogens is 634 g/mol. The molecule has 0 saturated heterocycles. The fraction of sp³-hybridized carbons (Fsp3) is 0.229. The maximum absolute atomic E-state index is 14.0. The monoisotopic (exact) mass is 665 g/mol. The lowest BCUT2D eigenvalue weighted by atomic mass is 10.1. The summed E-state index contributed by atoms with van der Waals surface area (Å²) in [6.45, 7) is 2.99.